The Morgan fingerprint density at radius 3 is 2.46 bits per heavy atom. The van der Waals surface area contributed by atoms with E-state index in [0.29, 0.717) is 0 Å². The fourth-order valence-corrected chi connectivity index (χ4v) is 2.50. The lowest BCUT2D eigenvalue weighted by Gasteiger charge is -1.95. The van der Waals surface area contributed by atoms with E-state index in [1.165, 1.54) is 25.8 Å². The molecule has 1 heteroatoms. The Labute approximate surface area is 82.3 Å². The van der Waals surface area contributed by atoms with E-state index in [0.717, 1.165) is 24.2 Å². The van der Waals surface area contributed by atoms with Crippen molar-refractivity contribution in [2.75, 3.05) is 13.6 Å². The van der Waals surface area contributed by atoms with Crippen LogP contribution >= 0.6 is 0 Å². The van der Waals surface area contributed by atoms with Crippen LogP contribution in [0.5, 0.6) is 0 Å². The fraction of sp³-hybridized carbons (Fsp3) is 0.833. The Hall–Kier alpha value is -0.480. The first-order valence-electron chi connectivity index (χ1n) is 5.43. The van der Waals surface area contributed by atoms with E-state index >= 15 is 0 Å². The average molecular weight is 179 g/mol. The van der Waals surface area contributed by atoms with Gasteiger partial charge in [0, 0.05) is 6.42 Å². The third-order valence-corrected chi connectivity index (χ3v) is 3.19. The Morgan fingerprint density at radius 2 is 1.92 bits per heavy atom. The van der Waals surface area contributed by atoms with E-state index in [2.05, 4.69) is 18.2 Å². The summed E-state index contributed by atoms with van der Waals surface area (Å²) >= 11 is 0. The van der Waals surface area contributed by atoms with E-state index < -0.39 is 0 Å². The van der Waals surface area contributed by atoms with Crippen LogP contribution in [-0.4, -0.2) is 13.6 Å². The minimum atomic E-state index is 0.915. The second-order valence-electron chi connectivity index (χ2n) is 4.08. The molecular formula is C12H21N. The largest absolute Gasteiger partial charge is 0.319 e. The summed E-state index contributed by atoms with van der Waals surface area (Å²) in [4.78, 5) is 0. The van der Waals surface area contributed by atoms with Gasteiger partial charge in [-0.3, -0.25) is 0 Å². The molecule has 74 valence electrons. The molecule has 1 aliphatic carbocycles. The highest BCUT2D eigenvalue weighted by molar-refractivity contribution is 4.99. The molecule has 0 aromatic carbocycles. The van der Waals surface area contributed by atoms with Crippen molar-refractivity contribution in [2.45, 2.75) is 32.6 Å². The van der Waals surface area contributed by atoms with Gasteiger partial charge in [0.05, 0.1) is 0 Å². The van der Waals surface area contributed by atoms with Crippen LogP contribution < -0.4 is 5.32 Å². The highest BCUT2D eigenvalue weighted by Crippen LogP contribution is 2.51. The second-order valence-corrected chi connectivity index (χ2v) is 4.08. The lowest BCUT2D eigenvalue weighted by Crippen LogP contribution is -2.11. The Bertz CT molecular complexity index is 168. The lowest BCUT2D eigenvalue weighted by atomic mass is 10.1. The number of nitrogens with one attached hydrogen (secondary N) is 1. The molecule has 1 N–H and O–H groups in total. The second kappa shape index (κ2) is 5.29. The maximum atomic E-state index is 5.28. The van der Waals surface area contributed by atoms with Crippen LogP contribution in [0.3, 0.4) is 0 Å². The molecule has 1 rings (SSSR count). The zero-order chi connectivity index (χ0) is 9.68. The molecule has 0 bridgehead atoms. The van der Waals surface area contributed by atoms with E-state index in [4.69, 9.17) is 6.42 Å². The first-order valence-corrected chi connectivity index (χ1v) is 5.43. The first-order chi connectivity index (χ1) is 6.35. The topological polar surface area (TPSA) is 12.0 Å². The minimum Gasteiger partial charge on any atom is -0.319 e. The smallest absolute Gasteiger partial charge is 0.00889 e. The zero-order valence-electron chi connectivity index (χ0n) is 8.84. The normalized spacial score (nSPS) is 31.3. The maximum absolute atomic E-state index is 5.28. The zero-order valence-corrected chi connectivity index (χ0v) is 8.84. The van der Waals surface area contributed by atoms with Gasteiger partial charge in [0.15, 0.2) is 0 Å². The third kappa shape index (κ3) is 2.74. The predicted octanol–water partition coefficient (Wildman–Crippen LogP) is 2.28. The van der Waals surface area contributed by atoms with Crippen molar-refractivity contribution in [1.29, 1.82) is 0 Å². The molecule has 0 heterocycles. The lowest BCUT2D eigenvalue weighted by molar-refractivity contribution is 0.602. The number of hydrogen-bond acceptors (Lipinski definition) is 1. The molecule has 2 unspecified atom stereocenters. The van der Waals surface area contributed by atoms with E-state index in [1.807, 2.05) is 7.05 Å². The van der Waals surface area contributed by atoms with Gasteiger partial charge in [0.25, 0.3) is 0 Å². The van der Waals surface area contributed by atoms with Crippen LogP contribution in [0.25, 0.3) is 0 Å². The summed E-state index contributed by atoms with van der Waals surface area (Å²) in [5, 5.41) is 3.27. The third-order valence-electron chi connectivity index (χ3n) is 3.19. The van der Waals surface area contributed by atoms with Gasteiger partial charge in [-0.05, 0) is 37.8 Å². The summed E-state index contributed by atoms with van der Waals surface area (Å²) in [6.07, 6.45) is 10.2. The van der Waals surface area contributed by atoms with Crippen molar-refractivity contribution >= 4 is 0 Å². The van der Waals surface area contributed by atoms with Gasteiger partial charge in [-0.15, -0.1) is 12.3 Å². The predicted molar refractivity (Wildman–Crippen MR) is 57.4 cm³/mol. The molecule has 0 aromatic heterocycles. The van der Waals surface area contributed by atoms with Gasteiger partial charge in [-0.1, -0.05) is 19.8 Å². The van der Waals surface area contributed by atoms with E-state index in [-0.39, 0.29) is 0 Å². The standard InChI is InChI=1S/C12H21N/c1-4-6-8-11-10(7-5-2)12(11)9-13-3/h1,10-13H,5-9H2,2-3H3/t10?,11-,12?/m0/s1. The van der Waals surface area contributed by atoms with Crippen molar-refractivity contribution in [1.82, 2.24) is 5.32 Å². The van der Waals surface area contributed by atoms with Gasteiger partial charge < -0.3 is 5.32 Å². The molecule has 13 heavy (non-hydrogen) atoms. The van der Waals surface area contributed by atoms with Crippen LogP contribution in [0.15, 0.2) is 0 Å². The molecule has 0 amide bonds. The molecule has 0 spiro atoms. The van der Waals surface area contributed by atoms with Gasteiger partial charge in [0.1, 0.15) is 0 Å². The van der Waals surface area contributed by atoms with Crippen LogP contribution in [-0.2, 0) is 0 Å². The minimum absolute atomic E-state index is 0.915. The van der Waals surface area contributed by atoms with Gasteiger partial charge >= 0.3 is 0 Å². The molecule has 0 saturated heterocycles. The molecule has 0 aromatic rings. The molecule has 0 radical (unpaired) electrons. The first kappa shape index (κ1) is 10.6. The van der Waals surface area contributed by atoms with Crippen LogP contribution in [0.4, 0.5) is 0 Å². The number of rotatable bonds is 6. The molecule has 3 atom stereocenters. The summed E-state index contributed by atoms with van der Waals surface area (Å²) in [5.41, 5.74) is 0. The highest BCUT2D eigenvalue weighted by atomic mass is 14.8. The highest BCUT2D eigenvalue weighted by Gasteiger charge is 2.47. The monoisotopic (exact) mass is 179 g/mol. The molecular weight excluding hydrogens is 158 g/mol. The van der Waals surface area contributed by atoms with E-state index in [1.54, 1.807) is 0 Å². The van der Waals surface area contributed by atoms with E-state index in [9.17, 15) is 0 Å². The quantitative estimate of drug-likeness (QED) is 0.617. The van der Waals surface area contributed by atoms with Gasteiger partial charge in [0.2, 0.25) is 0 Å². The van der Waals surface area contributed by atoms with Gasteiger partial charge in [-0.2, -0.15) is 0 Å². The van der Waals surface area contributed by atoms with Gasteiger partial charge in [-0.25, -0.2) is 0 Å². The molecule has 1 aliphatic rings. The average Bonchev–Trinajstić information content (AvgIpc) is 2.77. The summed E-state index contributed by atoms with van der Waals surface area (Å²) < 4.78 is 0. The van der Waals surface area contributed by atoms with Crippen LogP contribution in [0.2, 0.25) is 0 Å². The number of terminal acetylenes is 1. The van der Waals surface area contributed by atoms with Crippen molar-refractivity contribution in [3.63, 3.8) is 0 Å². The van der Waals surface area contributed by atoms with Crippen molar-refractivity contribution in [3.05, 3.63) is 0 Å². The van der Waals surface area contributed by atoms with Crippen LogP contribution in [0.1, 0.15) is 32.6 Å². The summed E-state index contributed by atoms with van der Waals surface area (Å²) in [6.45, 7) is 3.45. The Balaban J connectivity index is 2.25. The Kier molecular flexibility index (Phi) is 4.32. The molecule has 1 saturated carbocycles. The van der Waals surface area contributed by atoms with Crippen molar-refractivity contribution < 1.29 is 0 Å². The summed E-state index contributed by atoms with van der Waals surface area (Å²) in [7, 11) is 2.04. The molecule has 0 aliphatic heterocycles. The van der Waals surface area contributed by atoms with Crippen LogP contribution in [0, 0.1) is 30.1 Å². The molecule has 1 nitrogen and oxygen atoms in total. The summed E-state index contributed by atoms with van der Waals surface area (Å²) in [6, 6.07) is 0. The SMILES string of the molecule is C#CCC[C@H]1C(CCC)C1CNC. The fourth-order valence-electron chi connectivity index (χ4n) is 2.50. The van der Waals surface area contributed by atoms with Crippen molar-refractivity contribution in [2.24, 2.45) is 17.8 Å². The molecule has 1 fully saturated rings. The maximum Gasteiger partial charge on any atom is 0.00889 e. The number of hydrogen-bond donors (Lipinski definition) is 1. The Morgan fingerprint density at radius 1 is 1.23 bits per heavy atom. The summed E-state index contributed by atoms with van der Waals surface area (Å²) in [5.74, 6) is 5.54. The van der Waals surface area contributed by atoms with Crippen molar-refractivity contribution in [3.8, 4) is 12.3 Å².